The molecule has 0 saturated carbocycles. The molecule has 80 valence electrons. The van der Waals surface area contributed by atoms with Crippen LogP contribution in [0.5, 0.6) is 0 Å². The smallest absolute Gasteiger partial charge is 0.251 e. The molecule has 0 heterocycles. The molecular formula is C11H14N2O2. The number of hydrogen-bond donors (Lipinski definition) is 2. The van der Waals surface area contributed by atoms with Crippen molar-refractivity contribution in [1.82, 2.24) is 5.32 Å². The van der Waals surface area contributed by atoms with Crippen LogP contribution in [0.3, 0.4) is 0 Å². The molecule has 0 fully saturated rings. The van der Waals surface area contributed by atoms with Gasteiger partial charge in [-0.05, 0) is 18.6 Å². The van der Waals surface area contributed by atoms with Crippen LogP contribution >= 0.6 is 0 Å². The fourth-order valence-electron chi connectivity index (χ4n) is 1.21. The molecule has 0 unspecified atom stereocenters. The van der Waals surface area contributed by atoms with Crippen LogP contribution in [0, 0.1) is 0 Å². The van der Waals surface area contributed by atoms with E-state index < -0.39 is 11.9 Å². The first-order chi connectivity index (χ1) is 7.15. The molecule has 0 bridgehead atoms. The van der Waals surface area contributed by atoms with Crippen LogP contribution in [0.2, 0.25) is 0 Å². The average Bonchev–Trinajstić information content (AvgIpc) is 2.26. The molecule has 15 heavy (non-hydrogen) atoms. The van der Waals surface area contributed by atoms with E-state index in [1.165, 1.54) is 0 Å². The lowest BCUT2D eigenvalue weighted by atomic mass is 10.1. The van der Waals surface area contributed by atoms with Crippen molar-refractivity contribution < 1.29 is 9.59 Å². The molecule has 0 aliphatic rings. The summed E-state index contributed by atoms with van der Waals surface area (Å²) < 4.78 is 0. The zero-order valence-corrected chi connectivity index (χ0v) is 8.57. The quantitative estimate of drug-likeness (QED) is 0.760. The largest absolute Gasteiger partial charge is 0.368 e. The van der Waals surface area contributed by atoms with Crippen LogP contribution in [0.15, 0.2) is 30.3 Å². The third kappa shape index (κ3) is 3.09. The number of carbonyl (C=O) groups is 2. The molecule has 0 saturated heterocycles. The lowest BCUT2D eigenvalue weighted by Crippen LogP contribution is -2.43. The Bertz CT molecular complexity index is 349. The van der Waals surface area contributed by atoms with Crippen molar-refractivity contribution in [3.05, 3.63) is 35.9 Å². The second kappa shape index (κ2) is 5.14. The van der Waals surface area contributed by atoms with Crippen LogP contribution in [-0.4, -0.2) is 17.9 Å². The van der Waals surface area contributed by atoms with E-state index in [9.17, 15) is 9.59 Å². The highest BCUT2D eigenvalue weighted by Gasteiger charge is 2.16. The molecule has 1 atom stereocenters. The van der Waals surface area contributed by atoms with Gasteiger partial charge >= 0.3 is 0 Å². The van der Waals surface area contributed by atoms with Crippen LogP contribution in [-0.2, 0) is 4.79 Å². The summed E-state index contributed by atoms with van der Waals surface area (Å²) in [7, 11) is 0. The highest BCUT2D eigenvalue weighted by molar-refractivity contribution is 5.97. The van der Waals surface area contributed by atoms with Gasteiger partial charge in [0.25, 0.3) is 5.91 Å². The van der Waals surface area contributed by atoms with Crippen molar-refractivity contribution >= 4 is 11.8 Å². The maximum absolute atomic E-state index is 11.6. The maximum atomic E-state index is 11.6. The van der Waals surface area contributed by atoms with Crippen molar-refractivity contribution in [2.24, 2.45) is 5.73 Å². The molecule has 0 aliphatic heterocycles. The zero-order chi connectivity index (χ0) is 11.3. The summed E-state index contributed by atoms with van der Waals surface area (Å²) in [5, 5.41) is 2.57. The molecule has 0 aliphatic carbocycles. The summed E-state index contributed by atoms with van der Waals surface area (Å²) in [4.78, 5) is 22.5. The lowest BCUT2D eigenvalue weighted by Gasteiger charge is -2.12. The van der Waals surface area contributed by atoms with E-state index in [2.05, 4.69) is 5.32 Å². The monoisotopic (exact) mass is 206 g/mol. The molecule has 1 aromatic rings. The van der Waals surface area contributed by atoms with E-state index >= 15 is 0 Å². The Morgan fingerprint density at radius 1 is 1.33 bits per heavy atom. The van der Waals surface area contributed by atoms with Gasteiger partial charge in [0.1, 0.15) is 6.04 Å². The normalized spacial score (nSPS) is 11.8. The number of primary amides is 1. The van der Waals surface area contributed by atoms with Gasteiger partial charge in [-0.15, -0.1) is 0 Å². The van der Waals surface area contributed by atoms with Crippen molar-refractivity contribution in [2.75, 3.05) is 0 Å². The summed E-state index contributed by atoms with van der Waals surface area (Å²) >= 11 is 0. The number of hydrogen-bond acceptors (Lipinski definition) is 2. The summed E-state index contributed by atoms with van der Waals surface area (Å²) in [5.74, 6) is -0.789. The Hall–Kier alpha value is -1.84. The fraction of sp³-hybridized carbons (Fsp3) is 0.273. The van der Waals surface area contributed by atoms with E-state index in [-0.39, 0.29) is 5.91 Å². The number of benzene rings is 1. The van der Waals surface area contributed by atoms with Crippen LogP contribution in [0.25, 0.3) is 0 Å². The molecule has 2 amide bonds. The fourth-order valence-corrected chi connectivity index (χ4v) is 1.21. The van der Waals surface area contributed by atoms with E-state index in [0.717, 1.165) is 0 Å². The minimum absolute atomic E-state index is 0.277. The minimum Gasteiger partial charge on any atom is -0.368 e. The Morgan fingerprint density at radius 3 is 2.40 bits per heavy atom. The third-order valence-corrected chi connectivity index (χ3v) is 2.09. The van der Waals surface area contributed by atoms with Crippen molar-refractivity contribution in [3.8, 4) is 0 Å². The van der Waals surface area contributed by atoms with Crippen LogP contribution in [0.1, 0.15) is 23.7 Å². The first-order valence-corrected chi connectivity index (χ1v) is 4.80. The van der Waals surface area contributed by atoms with E-state index in [1.54, 1.807) is 31.2 Å². The van der Waals surface area contributed by atoms with Gasteiger partial charge in [0, 0.05) is 5.56 Å². The Balaban J connectivity index is 2.67. The predicted molar refractivity (Wildman–Crippen MR) is 57.2 cm³/mol. The van der Waals surface area contributed by atoms with Gasteiger partial charge < -0.3 is 11.1 Å². The number of carbonyl (C=O) groups excluding carboxylic acids is 2. The highest BCUT2D eigenvalue weighted by atomic mass is 16.2. The van der Waals surface area contributed by atoms with E-state index in [0.29, 0.717) is 12.0 Å². The topological polar surface area (TPSA) is 72.2 Å². The molecule has 4 heteroatoms. The molecule has 4 nitrogen and oxygen atoms in total. The summed E-state index contributed by atoms with van der Waals surface area (Å²) in [6.07, 6.45) is 0.494. The van der Waals surface area contributed by atoms with E-state index in [1.807, 2.05) is 6.07 Å². The molecule has 3 N–H and O–H groups in total. The van der Waals surface area contributed by atoms with Gasteiger partial charge in [0.05, 0.1) is 0 Å². The standard InChI is InChI=1S/C11H14N2O2/c1-2-9(10(12)14)13-11(15)8-6-4-3-5-7-8/h3-7,9H,2H2,1H3,(H2,12,14)(H,13,15)/t9-/m1/s1. The molecule has 1 aromatic carbocycles. The zero-order valence-electron chi connectivity index (χ0n) is 8.57. The SMILES string of the molecule is CC[C@@H](NC(=O)c1ccccc1)C(N)=O. The highest BCUT2D eigenvalue weighted by Crippen LogP contribution is 1.99. The van der Waals surface area contributed by atoms with E-state index in [4.69, 9.17) is 5.73 Å². The number of nitrogens with one attached hydrogen (secondary N) is 1. The first kappa shape index (κ1) is 11.2. The Kier molecular flexibility index (Phi) is 3.85. The molecule has 0 aromatic heterocycles. The second-order valence-electron chi connectivity index (χ2n) is 3.20. The second-order valence-corrected chi connectivity index (χ2v) is 3.20. The summed E-state index contributed by atoms with van der Waals surface area (Å²) in [5.41, 5.74) is 5.65. The van der Waals surface area contributed by atoms with Gasteiger partial charge in [-0.3, -0.25) is 9.59 Å². The maximum Gasteiger partial charge on any atom is 0.251 e. The molecule has 1 rings (SSSR count). The lowest BCUT2D eigenvalue weighted by molar-refractivity contribution is -0.119. The average molecular weight is 206 g/mol. The van der Waals surface area contributed by atoms with Gasteiger partial charge in [0.2, 0.25) is 5.91 Å². The van der Waals surface area contributed by atoms with Gasteiger partial charge in [0.15, 0.2) is 0 Å². The van der Waals surface area contributed by atoms with Crippen LogP contribution < -0.4 is 11.1 Å². The van der Waals surface area contributed by atoms with Crippen molar-refractivity contribution in [2.45, 2.75) is 19.4 Å². The predicted octanol–water partition coefficient (Wildman–Crippen LogP) is 0.680. The van der Waals surface area contributed by atoms with Gasteiger partial charge in [-0.25, -0.2) is 0 Å². The molecular weight excluding hydrogens is 192 g/mol. The van der Waals surface area contributed by atoms with Gasteiger partial charge in [-0.2, -0.15) is 0 Å². The first-order valence-electron chi connectivity index (χ1n) is 4.80. The summed E-state index contributed by atoms with van der Waals surface area (Å²) in [6.45, 7) is 1.79. The van der Waals surface area contributed by atoms with Crippen molar-refractivity contribution in [1.29, 1.82) is 0 Å². The summed E-state index contributed by atoms with van der Waals surface area (Å²) in [6, 6.07) is 8.12. The van der Waals surface area contributed by atoms with Gasteiger partial charge in [-0.1, -0.05) is 25.1 Å². The van der Waals surface area contributed by atoms with Crippen molar-refractivity contribution in [3.63, 3.8) is 0 Å². The molecule has 0 radical (unpaired) electrons. The Labute approximate surface area is 88.5 Å². The number of amides is 2. The third-order valence-electron chi connectivity index (χ3n) is 2.09. The number of rotatable bonds is 4. The number of nitrogens with two attached hydrogens (primary N) is 1. The minimum atomic E-state index is -0.599. The van der Waals surface area contributed by atoms with Crippen LogP contribution in [0.4, 0.5) is 0 Å². The Morgan fingerprint density at radius 2 is 1.93 bits per heavy atom. The molecule has 0 spiro atoms.